The Labute approximate surface area is 141 Å². The maximum atomic E-state index is 12.7. The summed E-state index contributed by atoms with van der Waals surface area (Å²) in [4.78, 5) is 26.7. The second kappa shape index (κ2) is 5.85. The van der Waals surface area contributed by atoms with E-state index in [1.807, 2.05) is 58.0 Å². The fourth-order valence-electron chi connectivity index (χ4n) is 2.99. The summed E-state index contributed by atoms with van der Waals surface area (Å²) >= 11 is 0. The number of rotatable bonds is 1. The molecule has 1 aromatic carbocycles. The number of fused-ring (bicyclic) bond motifs is 1. The van der Waals surface area contributed by atoms with Gasteiger partial charge in [0.25, 0.3) is 5.56 Å². The van der Waals surface area contributed by atoms with Crippen molar-refractivity contribution < 1.29 is 9.53 Å². The Morgan fingerprint density at radius 2 is 1.92 bits per heavy atom. The van der Waals surface area contributed by atoms with Crippen LogP contribution in [0, 0.1) is 0 Å². The topological polar surface area (TPSA) is 67.3 Å². The molecular formula is C18H23N3O3. The minimum absolute atomic E-state index is 0.0492. The van der Waals surface area contributed by atoms with E-state index in [2.05, 4.69) is 5.10 Å². The lowest BCUT2D eigenvalue weighted by molar-refractivity contribution is 0.0155. The number of hydrogen-bond acceptors (Lipinski definition) is 3. The fourth-order valence-corrected chi connectivity index (χ4v) is 2.99. The van der Waals surface area contributed by atoms with Crippen molar-refractivity contribution in [3.05, 3.63) is 51.9 Å². The predicted molar refractivity (Wildman–Crippen MR) is 91.4 cm³/mol. The first-order valence-corrected chi connectivity index (χ1v) is 8.17. The van der Waals surface area contributed by atoms with Crippen LogP contribution in [0.5, 0.6) is 0 Å². The highest BCUT2D eigenvalue weighted by Gasteiger charge is 2.34. The molecule has 3 rings (SSSR count). The summed E-state index contributed by atoms with van der Waals surface area (Å²) in [5.74, 6) is 0. The van der Waals surface area contributed by atoms with Crippen LogP contribution in [0.2, 0.25) is 0 Å². The van der Waals surface area contributed by atoms with Crippen molar-refractivity contribution in [1.82, 2.24) is 14.7 Å². The minimum Gasteiger partial charge on any atom is -0.444 e. The fraction of sp³-hybridized carbons (Fsp3) is 0.444. The van der Waals surface area contributed by atoms with Crippen LogP contribution in [0.1, 0.15) is 45.0 Å². The molecule has 128 valence electrons. The number of aromatic amines is 1. The molecule has 6 heteroatoms. The average molecular weight is 329 g/mol. The molecule has 0 unspecified atom stereocenters. The highest BCUT2D eigenvalue weighted by molar-refractivity contribution is 5.69. The van der Waals surface area contributed by atoms with Crippen LogP contribution in [-0.4, -0.2) is 32.9 Å². The van der Waals surface area contributed by atoms with E-state index >= 15 is 0 Å². The van der Waals surface area contributed by atoms with Crippen molar-refractivity contribution in [3.8, 4) is 5.69 Å². The van der Waals surface area contributed by atoms with Gasteiger partial charge in [-0.3, -0.25) is 14.8 Å². The Kier molecular flexibility index (Phi) is 3.99. The third-order valence-corrected chi connectivity index (χ3v) is 4.15. The summed E-state index contributed by atoms with van der Waals surface area (Å²) in [5.41, 5.74) is 1.72. The summed E-state index contributed by atoms with van der Waals surface area (Å²) in [7, 11) is 0. The summed E-state index contributed by atoms with van der Waals surface area (Å²) in [5, 5.41) is 3.17. The number of benzene rings is 1. The van der Waals surface area contributed by atoms with Crippen LogP contribution >= 0.6 is 0 Å². The Morgan fingerprint density at radius 1 is 1.25 bits per heavy atom. The second-order valence-electron chi connectivity index (χ2n) is 7.08. The van der Waals surface area contributed by atoms with Gasteiger partial charge in [-0.2, -0.15) is 0 Å². The molecule has 1 aliphatic rings. The van der Waals surface area contributed by atoms with Crippen molar-refractivity contribution >= 4 is 6.09 Å². The van der Waals surface area contributed by atoms with Gasteiger partial charge in [-0.25, -0.2) is 9.48 Å². The van der Waals surface area contributed by atoms with Gasteiger partial charge in [0.05, 0.1) is 17.4 Å². The molecule has 1 atom stereocenters. The zero-order valence-electron chi connectivity index (χ0n) is 14.5. The molecule has 1 aromatic heterocycles. The Bertz CT molecular complexity index is 799. The second-order valence-corrected chi connectivity index (χ2v) is 7.08. The van der Waals surface area contributed by atoms with Gasteiger partial charge in [-0.05, 0) is 46.2 Å². The Morgan fingerprint density at radius 3 is 2.54 bits per heavy atom. The van der Waals surface area contributed by atoms with E-state index in [1.54, 1.807) is 9.58 Å². The molecule has 0 saturated carbocycles. The molecule has 24 heavy (non-hydrogen) atoms. The van der Waals surface area contributed by atoms with Crippen LogP contribution in [0.4, 0.5) is 4.79 Å². The van der Waals surface area contributed by atoms with Gasteiger partial charge >= 0.3 is 6.09 Å². The number of nitrogens with zero attached hydrogens (tertiary/aromatic N) is 2. The molecule has 0 aliphatic carbocycles. The zero-order chi connectivity index (χ0) is 17.5. The van der Waals surface area contributed by atoms with E-state index in [-0.39, 0.29) is 17.7 Å². The highest BCUT2D eigenvalue weighted by Crippen LogP contribution is 2.28. The van der Waals surface area contributed by atoms with Crippen LogP contribution in [0.15, 0.2) is 35.1 Å². The van der Waals surface area contributed by atoms with Crippen molar-refractivity contribution in [2.45, 2.75) is 45.8 Å². The maximum Gasteiger partial charge on any atom is 0.410 e. The van der Waals surface area contributed by atoms with Gasteiger partial charge in [0, 0.05) is 12.1 Å². The lowest BCUT2D eigenvalue weighted by Crippen LogP contribution is -2.42. The molecule has 0 radical (unpaired) electrons. The first-order chi connectivity index (χ1) is 11.3. The normalized spacial score (nSPS) is 17.5. The first-order valence-electron chi connectivity index (χ1n) is 8.17. The minimum atomic E-state index is -0.541. The molecule has 0 bridgehead atoms. The molecule has 1 N–H and O–H groups in total. The van der Waals surface area contributed by atoms with Crippen LogP contribution < -0.4 is 5.56 Å². The number of carbonyl (C=O) groups excluding carboxylic acids is 1. The number of aromatic nitrogens is 2. The highest BCUT2D eigenvalue weighted by atomic mass is 16.6. The Balaban J connectivity index is 1.93. The van der Waals surface area contributed by atoms with E-state index in [0.29, 0.717) is 13.0 Å². The Hall–Kier alpha value is -2.50. The molecule has 2 heterocycles. The van der Waals surface area contributed by atoms with Crippen molar-refractivity contribution in [2.75, 3.05) is 6.54 Å². The summed E-state index contributed by atoms with van der Waals surface area (Å²) in [6, 6.07) is 9.20. The largest absolute Gasteiger partial charge is 0.444 e. The predicted octanol–water partition coefficient (Wildman–Crippen LogP) is 3.02. The third-order valence-electron chi connectivity index (χ3n) is 4.15. The number of nitrogens with one attached hydrogen (secondary N) is 1. The van der Waals surface area contributed by atoms with Gasteiger partial charge in [-0.1, -0.05) is 18.2 Å². The number of para-hydroxylation sites is 1. The lowest BCUT2D eigenvalue weighted by atomic mass is 10.0. The molecular weight excluding hydrogens is 306 g/mol. The quantitative estimate of drug-likeness (QED) is 0.874. The van der Waals surface area contributed by atoms with E-state index in [4.69, 9.17) is 4.74 Å². The standard InChI is InChI=1S/C18H23N3O3/c1-12-15-14(10-11-20(12)17(23)24-18(2,3)4)16(22)21(19-15)13-8-6-5-7-9-13/h5-9,12,19H,10-11H2,1-4H3/t12-/m1/s1. The summed E-state index contributed by atoms with van der Waals surface area (Å²) in [6.45, 7) is 7.92. The molecule has 0 saturated heterocycles. The molecule has 0 spiro atoms. The number of carbonyl (C=O) groups is 1. The van der Waals surface area contributed by atoms with Crippen LogP contribution in [0.3, 0.4) is 0 Å². The monoisotopic (exact) mass is 329 g/mol. The van der Waals surface area contributed by atoms with Crippen molar-refractivity contribution in [1.29, 1.82) is 0 Å². The van der Waals surface area contributed by atoms with Gasteiger partial charge in [0.15, 0.2) is 0 Å². The summed E-state index contributed by atoms with van der Waals surface area (Å²) < 4.78 is 7.01. The van der Waals surface area contributed by atoms with Crippen LogP contribution in [0.25, 0.3) is 5.69 Å². The maximum absolute atomic E-state index is 12.7. The van der Waals surface area contributed by atoms with Gasteiger partial charge in [0.1, 0.15) is 5.60 Å². The SMILES string of the molecule is C[C@@H]1c2[nH]n(-c3ccccc3)c(=O)c2CCN1C(=O)OC(C)(C)C. The molecule has 6 nitrogen and oxygen atoms in total. The van der Waals surface area contributed by atoms with Gasteiger partial charge < -0.3 is 4.74 Å². The number of H-pyrrole nitrogens is 1. The van der Waals surface area contributed by atoms with Crippen molar-refractivity contribution in [2.24, 2.45) is 0 Å². The van der Waals surface area contributed by atoms with E-state index < -0.39 is 5.60 Å². The van der Waals surface area contributed by atoms with Crippen LogP contribution in [-0.2, 0) is 11.2 Å². The van der Waals surface area contributed by atoms with E-state index in [1.165, 1.54) is 0 Å². The molecule has 0 fully saturated rings. The average Bonchev–Trinajstić information content (AvgIpc) is 2.85. The third kappa shape index (κ3) is 2.96. The lowest BCUT2D eigenvalue weighted by Gasteiger charge is -2.34. The molecule has 1 amide bonds. The molecule has 2 aromatic rings. The zero-order valence-corrected chi connectivity index (χ0v) is 14.5. The number of ether oxygens (including phenoxy) is 1. The smallest absolute Gasteiger partial charge is 0.410 e. The van der Waals surface area contributed by atoms with Gasteiger partial charge in [-0.15, -0.1) is 0 Å². The number of hydrogen-bond donors (Lipinski definition) is 1. The number of amides is 1. The van der Waals surface area contributed by atoms with E-state index in [9.17, 15) is 9.59 Å². The van der Waals surface area contributed by atoms with Crippen molar-refractivity contribution in [3.63, 3.8) is 0 Å². The van der Waals surface area contributed by atoms with Gasteiger partial charge in [0.2, 0.25) is 0 Å². The summed E-state index contributed by atoms with van der Waals surface area (Å²) in [6.07, 6.45) is 0.169. The first kappa shape index (κ1) is 16.4. The van der Waals surface area contributed by atoms with E-state index in [0.717, 1.165) is 16.9 Å². The molecule has 1 aliphatic heterocycles.